The summed E-state index contributed by atoms with van der Waals surface area (Å²) in [7, 11) is 0. The van der Waals surface area contributed by atoms with Crippen LogP contribution in [0.15, 0.2) is 18.3 Å². The van der Waals surface area contributed by atoms with Crippen molar-refractivity contribution in [2.75, 3.05) is 18.0 Å². The zero-order valence-corrected chi connectivity index (χ0v) is 15.6. The summed E-state index contributed by atoms with van der Waals surface area (Å²) < 4.78 is 0. The molecule has 0 spiro atoms. The summed E-state index contributed by atoms with van der Waals surface area (Å²) in [6.07, 6.45) is 8.27. The highest BCUT2D eigenvalue weighted by atomic mass is 35.5. The molecule has 1 amide bonds. The molecule has 7 heteroatoms. The SMILES string of the molecule is Cl.Cl.NC1CCCC(C(=O)NCc2ccc(N3CCCC3)nc2)C1. The van der Waals surface area contributed by atoms with Crippen molar-refractivity contribution >= 4 is 36.5 Å². The van der Waals surface area contributed by atoms with E-state index in [1.807, 2.05) is 6.20 Å². The van der Waals surface area contributed by atoms with Gasteiger partial charge in [0, 0.05) is 37.8 Å². The average molecular weight is 375 g/mol. The molecule has 24 heavy (non-hydrogen) atoms. The lowest BCUT2D eigenvalue weighted by molar-refractivity contribution is -0.126. The molecule has 2 unspecified atom stereocenters. The van der Waals surface area contributed by atoms with E-state index in [1.165, 1.54) is 12.8 Å². The first-order valence-corrected chi connectivity index (χ1v) is 8.45. The zero-order valence-electron chi connectivity index (χ0n) is 13.9. The number of anilines is 1. The summed E-state index contributed by atoms with van der Waals surface area (Å²) in [5.74, 6) is 1.27. The van der Waals surface area contributed by atoms with Gasteiger partial charge in [0.2, 0.25) is 5.91 Å². The number of nitrogens with two attached hydrogens (primary N) is 1. The fraction of sp³-hybridized carbons (Fsp3) is 0.647. The molecule has 3 rings (SSSR count). The van der Waals surface area contributed by atoms with Crippen LogP contribution in [0.4, 0.5) is 5.82 Å². The Morgan fingerprint density at radius 3 is 2.58 bits per heavy atom. The van der Waals surface area contributed by atoms with Crippen molar-refractivity contribution in [2.24, 2.45) is 11.7 Å². The minimum Gasteiger partial charge on any atom is -0.357 e. The maximum absolute atomic E-state index is 12.2. The number of hydrogen-bond donors (Lipinski definition) is 2. The van der Waals surface area contributed by atoms with Gasteiger partial charge in [0.15, 0.2) is 0 Å². The van der Waals surface area contributed by atoms with E-state index >= 15 is 0 Å². The van der Waals surface area contributed by atoms with Crippen molar-refractivity contribution in [1.29, 1.82) is 0 Å². The number of amides is 1. The molecule has 2 heterocycles. The molecule has 3 N–H and O–H groups in total. The van der Waals surface area contributed by atoms with E-state index in [-0.39, 0.29) is 42.7 Å². The van der Waals surface area contributed by atoms with E-state index < -0.39 is 0 Å². The first-order valence-electron chi connectivity index (χ1n) is 8.45. The molecule has 2 aliphatic rings. The Balaban J connectivity index is 0.00000144. The monoisotopic (exact) mass is 374 g/mol. The van der Waals surface area contributed by atoms with Crippen LogP contribution in [0.5, 0.6) is 0 Å². The van der Waals surface area contributed by atoms with Crippen molar-refractivity contribution in [3.05, 3.63) is 23.9 Å². The number of halogens is 2. The highest BCUT2D eigenvalue weighted by Gasteiger charge is 2.25. The number of carbonyl (C=O) groups is 1. The van der Waals surface area contributed by atoms with Crippen LogP contribution in [0.3, 0.4) is 0 Å². The Morgan fingerprint density at radius 2 is 1.96 bits per heavy atom. The van der Waals surface area contributed by atoms with Gasteiger partial charge in [-0.15, -0.1) is 24.8 Å². The van der Waals surface area contributed by atoms with Crippen molar-refractivity contribution < 1.29 is 4.79 Å². The number of rotatable bonds is 4. The molecular weight excluding hydrogens is 347 g/mol. The molecule has 1 aliphatic carbocycles. The number of carbonyl (C=O) groups excluding carboxylic acids is 1. The molecule has 0 bridgehead atoms. The molecule has 0 radical (unpaired) electrons. The van der Waals surface area contributed by atoms with E-state index in [0.717, 1.165) is 50.2 Å². The van der Waals surface area contributed by atoms with Gasteiger partial charge in [-0.1, -0.05) is 12.5 Å². The van der Waals surface area contributed by atoms with Crippen molar-refractivity contribution in [3.8, 4) is 0 Å². The molecule has 1 aliphatic heterocycles. The number of aromatic nitrogens is 1. The third-order valence-corrected chi connectivity index (χ3v) is 4.79. The first kappa shape index (κ1) is 21.0. The Labute approximate surface area is 156 Å². The summed E-state index contributed by atoms with van der Waals surface area (Å²) >= 11 is 0. The maximum Gasteiger partial charge on any atom is 0.223 e. The minimum absolute atomic E-state index is 0. The second-order valence-electron chi connectivity index (χ2n) is 6.56. The van der Waals surface area contributed by atoms with Gasteiger partial charge >= 0.3 is 0 Å². The molecule has 2 atom stereocenters. The summed E-state index contributed by atoms with van der Waals surface area (Å²) in [5, 5.41) is 3.03. The molecule has 0 aromatic carbocycles. The molecule has 1 saturated carbocycles. The Hall–Kier alpha value is -1.04. The lowest BCUT2D eigenvalue weighted by Gasteiger charge is -2.25. The van der Waals surface area contributed by atoms with Gasteiger partial charge in [-0.25, -0.2) is 4.98 Å². The third-order valence-electron chi connectivity index (χ3n) is 4.79. The van der Waals surface area contributed by atoms with Crippen LogP contribution in [0.25, 0.3) is 0 Å². The smallest absolute Gasteiger partial charge is 0.223 e. The van der Waals surface area contributed by atoms with Crippen LogP contribution >= 0.6 is 24.8 Å². The average Bonchev–Trinajstić information content (AvgIpc) is 3.07. The second kappa shape index (κ2) is 10.1. The van der Waals surface area contributed by atoms with Crippen LogP contribution in [0.2, 0.25) is 0 Å². The van der Waals surface area contributed by atoms with Crippen molar-refractivity contribution in [3.63, 3.8) is 0 Å². The summed E-state index contributed by atoms with van der Waals surface area (Å²) in [4.78, 5) is 19.0. The fourth-order valence-corrected chi connectivity index (χ4v) is 3.45. The van der Waals surface area contributed by atoms with E-state index in [9.17, 15) is 4.79 Å². The topological polar surface area (TPSA) is 71.2 Å². The molecule has 1 aromatic heterocycles. The van der Waals surface area contributed by atoms with Gasteiger partial charge in [-0.05, 0) is 43.7 Å². The fourth-order valence-electron chi connectivity index (χ4n) is 3.45. The molecule has 1 saturated heterocycles. The van der Waals surface area contributed by atoms with Crippen LogP contribution in [0, 0.1) is 5.92 Å². The minimum atomic E-state index is 0. The van der Waals surface area contributed by atoms with E-state index in [2.05, 4.69) is 27.3 Å². The van der Waals surface area contributed by atoms with Gasteiger partial charge in [-0.3, -0.25) is 4.79 Å². The molecule has 136 valence electrons. The number of nitrogens with one attached hydrogen (secondary N) is 1. The van der Waals surface area contributed by atoms with Crippen molar-refractivity contribution in [2.45, 2.75) is 51.1 Å². The van der Waals surface area contributed by atoms with Gasteiger partial charge in [-0.2, -0.15) is 0 Å². The summed E-state index contributed by atoms with van der Waals surface area (Å²) in [6.45, 7) is 2.76. The van der Waals surface area contributed by atoms with E-state index in [1.54, 1.807) is 0 Å². The van der Waals surface area contributed by atoms with E-state index in [0.29, 0.717) is 6.54 Å². The molecule has 2 fully saturated rings. The van der Waals surface area contributed by atoms with Crippen molar-refractivity contribution in [1.82, 2.24) is 10.3 Å². The highest BCUT2D eigenvalue weighted by Crippen LogP contribution is 2.23. The number of nitrogens with zero attached hydrogens (tertiary/aromatic N) is 2. The number of pyridine rings is 1. The number of hydrogen-bond acceptors (Lipinski definition) is 4. The Bertz CT molecular complexity index is 506. The molecular formula is C17H28Cl2N4O. The molecule has 1 aromatic rings. The zero-order chi connectivity index (χ0) is 15.4. The van der Waals surface area contributed by atoms with Crippen LogP contribution in [-0.4, -0.2) is 30.0 Å². The summed E-state index contributed by atoms with van der Waals surface area (Å²) in [5.41, 5.74) is 7.00. The third kappa shape index (κ3) is 5.50. The van der Waals surface area contributed by atoms with Crippen LogP contribution in [0.1, 0.15) is 44.1 Å². The standard InChI is InChI=1S/C17H26N4O.2ClH/c18-15-5-3-4-14(10-15)17(22)20-12-13-6-7-16(19-11-13)21-8-1-2-9-21;;/h6-7,11,14-15H,1-5,8-10,12,18H2,(H,20,22);2*1H. The van der Waals surface area contributed by atoms with E-state index in [4.69, 9.17) is 5.73 Å². The Kier molecular flexibility index (Phi) is 8.81. The molecule has 5 nitrogen and oxygen atoms in total. The largest absolute Gasteiger partial charge is 0.357 e. The Morgan fingerprint density at radius 1 is 1.21 bits per heavy atom. The van der Waals surface area contributed by atoms with Gasteiger partial charge < -0.3 is 16.0 Å². The van der Waals surface area contributed by atoms with Crippen LogP contribution < -0.4 is 16.0 Å². The normalized spacial score (nSPS) is 23.1. The van der Waals surface area contributed by atoms with Gasteiger partial charge in [0.05, 0.1) is 0 Å². The first-order chi connectivity index (χ1) is 10.7. The second-order valence-corrected chi connectivity index (χ2v) is 6.56. The van der Waals surface area contributed by atoms with Gasteiger partial charge in [0.25, 0.3) is 0 Å². The predicted molar refractivity (Wildman–Crippen MR) is 102 cm³/mol. The quantitative estimate of drug-likeness (QED) is 0.849. The predicted octanol–water partition coefficient (Wildman–Crippen LogP) is 2.66. The summed E-state index contributed by atoms with van der Waals surface area (Å²) in [6, 6.07) is 4.31. The highest BCUT2D eigenvalue weighted by molar-refractivity contribution is 5.85. The maximum atomic E-state index is 12.2. The van der Waals surface area contributed by atoms with Gasteiger partial charge in [0.1, 0.15) is 5.82 Å². The lowest BCUT2D eigenvalue weighted by atomic mass is 9.85. The van der Waals surface area contributed by atoms with Crippen LogP contribution in [-0.2, 0) is 11.3 Å². The lowest BCUT2D eigenvalue weighted by Crippen LogP contribution is -2.37.